The highest BCUT2D eigenvalue weighted by Gasteiger charge is 2.19. The fraction of sp³-hybridized carbons (Fsp3) is 0.276. The molecule has 1 saturated heterocycles. The van der Waals surface area contributed by atoms with Crippen LogP contribution in [-0.4, -0.2) is 51.1 Å². The van der Waals surface area contributed by atoms with E-state index in [1.165, 1.54) is 0 Å². The number of likely N-dealkylation sites (N-methyl/N-ethyl adjacent to an activating group) is 1. The Balaban J connectivity index is 1.29. The van der Waals surface area contributed by atoms with Crippen LogP contribution in [0.1, 0.15) is 22.8 Å². The molecule has 0 aliphatic carbocycles. The zero-order valence-electron chi connectivity index (χ0n) is 21.8. The van der Waals surface area contributed by atoms with Gasteiger partial charge in [0, 0.05) is 49.3 Å². The van der Waals surface area contributed by atoms with Crippen molar-refractivity contribution < 1.29 is 9.53 Å². The third kappa shape index (κ3) is 5.40. The molecule has 0 radical (unpaired) electrons. The molecular weight excluding hydrogens is 464 g/mol. The molecule has 0 spiro atoms. The van der Waals surface area contributed by atoms with Gasteiger partial charge in [0.05, 0.1) is 18.5 Å². The maximum absolute atomic E-state index is 13.0. The van der Waals surface area contributed by atoms with Crippen molar-refractivity contribution in [2.45, 2.75) is 13.8 Å². The minimum Gasteiger partial charge on any atom is -0.495 e. The first-order valence-corrected chi connectivity index (χ1v) is 12.5. The minimum absolute atomic E-state index is 0.136. The quantitative estimate of drug-likeness (QED) is 0.466. The molecule has 5 rings (SSSR count). The second-order valence-electron chi connectivity index (χ2n) is 9.63. The Hall–Kier alpha value is -4.01. The van der Waals surface area contributed by atoms with Crippen LogP contribution in [0.25, 0.3) is 11.1 Å². The molecule has 0 aromatic heterocycles. The number of nitrogens with one attached hydrogen (secondary N) is 3. The number of hydrogen-bond acceptors (Lipinski definition) is 7. The van der Waals surface area contributed by atoms with Gasteiger partial charge in [0.15, 0.2) is 0 Å². The average molecular weight is 499 g/mol. The largest absolute Gasteiger partial charge is 0.495 e. The zero-order chi connectivity index (χ0) is 25.9. The first kappa shape index (κ1) is 24.7. The Morgan fingerprint density at radius 3 is 2.35 bits per heavy atom. The van der Waals surface area contributed by atoms with E-state index in [-0.39, 0.29) is 5.91 Å². The number of piperazine rings is 1. The molecule has 3 aromatic carbocycles. The summed E-state index contributed by atoms with van der Waals surface area (Å²) in [7, 11) is 3.82. The maximum atomic E-state index is 13.0. The van der Waals surface area contributed by atoms with Crippen molar-refractivity contribution in [1.82, 2.24) is 15.9 Å². The number of allylic oxidation sites excluding steroid dienone is 1. The predicted molar refractivity (Wildman–Crippen MR) is 150 cm³/mol. The number of carbonyl (C=O) groups excluding carboxylic acids is 1. The molecule has 8 heteroatoms. The van der Waals surface area contributed by atoms with E-state index in [1.54, 1.807) is 7.11 Å². The Morgan fingerprint density at radius 2 is 1.70 bits per heavy atom. The van der Waals surface area contributed by atoms with Crippen LogP contribution in [0.5, 0.6) is 5.75 Å². The lowest BCUT2D eigenvalue weighted by Crippen LogP contribution is -2.44. The van der Waals surface area contributed by atoms with E-state index < -0.39 is 0 Å². The van der Waals surface area contributed by atoms with Crippen molar-refractivity contribution in [3.63, 3.8) is 0 Å². The molecule has 1 fully saturated rings. The highest BCUT2D eigenvalue weighted by atomic mass is 16.5. The third-order valence-electron chi connectivity index (χ3n) is 6.92. The molecule has 8 nitrogen and oxygen atoms in total. The molecule has 3 N–H and O–H groups in total. The van der Waals surface area contributed by atoms with Gasteiger partial charge in [-0.3, -0.25) is 9.80 Å². The van der Waals surface area contributed by atoms with E-state index in [4.69, 9.17) is 4.74 Å². The SMILES string of the molecule is COc1ccc(NC(=O)c2ccc(-c3ccc(N4C=C(C)NN4)cc3C)cc2)cc1N1CCN(C)CC1. The summed E-state index contributed by atoms with van der Waals surface area (Å²) in [5.74, 6) is 0.680. The molecule has 192 valence electrons. The standard InChI is InChI=1S/C29H34N6O2/c1-20-17-25(35-19-21(2)31-32-35)10-11-26(20)22-5-7-23(8-6-22)29(36)30-24-9-12-28(37-4)27(18-24)34-15-13-33(3)14-16-34/h5-12,17-19,31-32H,13-16H2,1-4H3,(H,30,36). The van der Waals surface area contributed by atoms with Crippen molar-refractivity contribution in [2.75, 3.05) is 55.6 Å². The topological polar surface area (TPSA) is 72.1 Å². The van der Waals surface area contributed by atoms with Gasteiger partial charge in [-0.05, 0) is 80.1 Å². The monoisotopic (exact) mass is 498 g/mol. The Bertz CT molecular complexity index is 1310. The van der Waals surface area contributed by atoms with Gasteiger partial charge in [-0.15, -0.1) is 5.53 Å². The van der Waals surface area contributed by atoms with Crippen LogP contribution in [0.3, 0.4) is 0 Å². The predicted octanol–water partition coefficient (Wildman–Crippen LogP) is 4.37. The second-order valence-corrected chi connectivity index (χ2v) is 9.63. The number of aryl methyl sites for hydroxylation is 1. The van der Waals surface area contributed by atoms with E-state index in [9.17, 15) is 4.79 Å². The number of carbonyl (C=O) groups is 1. The van der Waals surface area contributed by atoms with E-state index in [0.717, 1.165) is 71.4 Å². The summed E-state index contributed by atoms with van der Waals surface area (Å²) in [5, 5.41) is 5.01. The van der Waals surface area contributed by atoms with Gasteiger partial charge in [-0.25, -0.2) is 0 Å². The number of benzene rings is 3. The van der Waals surface area contributed by atoms with Crippen LogP contribution < -0.4 is 30.9 Å². The first-order chi connectivity index (χ1) is 17.9. The lowest BCUT2D eigenvalue weighted by molar-refractivity contribution is 0.102. The lowest BCUT2D eigenvalue weighted by Gasteiger charge is -2.34. The van der Waals surface area contributed by atoms with Crippen molar-refractivity contribution in [2.24, 2.45) is 0 Å². The minimum atomic E-state index is -0.136. The van der Waals surface area contributed by atoms with E-state index >= 15 is 0 Å². The first-order valence-electron chi connectivity index (χ1n) is 12.5. The van der Waals surface area contributed by atoms with Gasteiger partial charge < -0.3 is 25.3 Å². The zero-order valence-corrected chi connectivity index (χ0v) is 21.8. The van der Waals surface area contributed by atoms with Crippen molar-refractivity contribution in [3.8, 4) is 16.9 Å². The normalized spacial score (nSPS) is 15.8. The molecule has 0 saturated carbocycles. The summed E-state index contributed by atoms with van der Waals surface area (Å²) in [4.78, 5) is 17.7. The molecule has 2 aliphatic heterocycles. The van der Waals surface area contributed by atoms with Gasteiger partial charge in [0.25, 0.3) is 5.91 Å². The summed E-state index contributed by atoms with van der Waals surface area (Å²) in [6.07, 6.45) is 2.01. The van der Waals surface area contributed by atoms with Crippen LogP contribution in [0, 0.1) is 6.92 Å². The molecule has 0 atom stereocenters. The molecule has 0 bridgehead atoms. The van der Waals surface area contributed by atoms with Gasteiger partial charge >= 0.3 is 0 Å². The number of anilines is 3. The van der Waals surface area contributed by atoms with Crippen LogP contribution in [0.4, 0.5) is 17.1 Å². The van der Waals surface area contributed by atoms with Gasteiger partial charge in [-0.1, -0.05) is 18.2 Å². The maximum Gasteiger partial charge on any atom is 0.255 e. The number of methoxy groups -OCH3 is 1. The smallest absolute Gasteiger partial charge is 0.255 e. The van der Waals surface area contributed by atoms with Crippen molar-refractivity contribution >= 4 is 23.0 Å². The molecule has 1 amide bonds. The average Bonchev–Trinajstić information content (AvgIpc) is 3.35. The Morgan fingerprint density at radius 1 is 0.946 bits per heavy atom. The molecule has 2 heterocycles. The summed E-state index contributed by atoms with van der Waals surface area (Å²) in [5.41, 5.74) is 14.0. The lowest BCUT2D eigenvalue weighted by atomic mass is 9.98. The molecule has 2 aliphatic rings. The summed E-state index contributed by atoms with van der Waals surface area (Å²) >= 11 is 0. The van der Waals surface area contributed by atoms with Crippen LogP contribution >= 0.6 is 0 Å². The molecule has 3 aromatic rings. The fourth-order valence-corrected chi connectivity index (χ4v) is 4.73. The van der Waals surface area contributed by atoms with Gasteiger partial charge in [-0.2, -0.15) is 0 Å². The fourth-order valence-electron chi connectivity index (χ4n) is 4.73. The highest BCUT2D eigenvalue weighted by molar-refractivity contribution is 6.04. The third-order valence-corrected chi connectivity index (χ3v) is 6.92. The van der Waals surface area contributed by atoms with E-state index in [1.807, 2.05) is 60.6 Å². The summed E-state index contributed by atoms with van der Waals surface area (Å²) in [6, 6.07) is 19.9. The van der Waals surface area contributed by atoms with E-state index in [2.05, 4.69) is 58.2 Å². The van der Waals surface area contributed by atoms with Crippen molar-refractivity contribution in [1.29, 1.82) is 0 Å². The van der Waals surface area contributed by atoms with Crippen molar-refractivity contribution in [3.05, 3.63) is 83.7 Å². The highest BCUT2D eigenvalue weighted by Crippen LogP contribution is 2.32. The molecule has 0 unspecified atom stereocenters. The number of rotatable bonds is 6. The van der Waals surface area contributed by atoms with Crippen LogP contribution in [0.15, 0.2) is 72.6 Å². The summed E-state index contributed by atoms with van der Waals surface area (Å²) < 4.78 is 5.60. The summed E-state index contributed by atoms with van der Waals surface area (Å²) in [6.45, 7) is 7.95. The van der Waals surface area contributed by atoms with Crippen LogP contribution in [-0.2, 0) is 0 Å². The van der Waals surface area contributed by atoms with E-state index in [0.29, 0.717) is 5.56 Å². The number of hydrazine groups is 2. The number of nitrogens with zero attached hydrogens (tertiary/aromatic N) is 3. The number of hydrogen-bond donors (Lipinski definition) is 3. The second kappa shape index (κ2) is 10.5. The Kier molecular flexibility index (Phi) is 7.03. The number of ether oxygens (including phenoxy) is 1. The molecular formula is C29H34N6O2. The Labute approximate surface area is 218 Å². The molecule has 37 heavy (non-hydrogen) atoms. The van der Waals surface area contributed by atoms with Gasteiger partial charge in [0.1, 0.15) is 5.75 Å². The van der Waals surface area contributed by atoms with Gasteiger partial charge in [0.2, 0.25) is 0 Å². The number of amides is 1. The van der Waals surface area contributed by atoms with Crippen LogP contribution in [0.2, 0.25) is 0 Å².